The second-order valence-electron chi connectivity index (χ2n) is 3.70. The zero-order valence-corrected chi connectivity index (χ0v) is 10.8. The molecule has 1 aromatic heterocycles. The smallest absolute Gasteiger partial charge is 0.213 e. The van der Waals surface area contributed by atoms with Crippen molar-refractivity contribution in [1.29, 1.82) is 0 Å². The highest BCUT2D eigenvalue weighted by atomic mass is 35.5. The fourth-order valence-corrected chi connectivity index (χ4v) is 1.36. The maximum absolute atomic E-state index is 6.04. The van der Waals surface area contributed by atoms with Crippen LogP contribution in [0.3, 0.4) is 0 Å². The Labute approximate surface area is 102 Å². The van der Waals surface area contributed by atoms with E-state index in [0.29, 0.717) is 17.4 Å². The molecule has 4 heteroatoms. The van der Waals surface area contributed by atoms with E-state index in [1.807, 2.05) is 26.0 Å². The van der Waals surface area contributed by atoms with E-state index in [-0.39, 0.29) is 6.10 Å². The summed E-state index contributed by atoms with van der Waals surface area (Å²) in [5.41, 5.74) is 0.837. The van der Waals surface area contributed by atoms with Gasteiger partial charge in [0.05, 0.1) is 16.8 Å². The number of aromatic nitrogens is 1. The number of nitrogens with one attached hydrogen (secondary N) is 1. The van der Waals surface area contributed by atoms with Crippen LogP contribution in [0.25, 0.3) is 0 Å². The summed E-state index contributed by atoms with van der Waals surface area (Å²) in [4.78, 5) is 4.38. The van der Waals surface area contributed by atoms with Crippen LogP contribution in [-0.4, -0.2) is 17.6 Å². The Morgan fingerprint density at radius 1 is 1.44 bits per heavy atom. The molecule has 0 spiro atoms. The highest BCUT2D eigenvalue weighted by molar-refractivity contribution is 6.31. The topological polar surface area (TPSA) is 34.2 Å². The van der Waals surface area contributed by atoms with Crippen molar-refractivity contribution >= 4 is 11.6 Å². The lowest BCUT2D eigenvalue weighted by atomic mass is 10.3. The first kappa shape index (κ1) is 13.3. The first-order chi connectivity index (χ1) is 7.67. The Morgan fingerprint density at radius 2 is 2.19 bits per heavy atom. The molecule has 1 N–H and O–H groups in total. The molecule has 1 atom stereocenters. The molecule has 1 aromatic rings. The van der Waals surface area contributed by atoms with Crippen LogP contribution in [0.2, 0.25) is 5.02 Å². The van der Waals surface area contributed by atoms with Gasteiger partial charge in [-0.1, -0.05) is 25.4 Å². The van der Waals surface area contributed by atoms with Gasteiger partial charge in [0.25, 0.3) is 0 Å². The monoisotopic (exact) mass is 242 g/mol. The summed E-state index contributed by atoms with van der Waals surface area (Å²) in [6.07, 6.45) is 1.15. The van der Waals surface area contributed by atoms with Crippen molar-refractivity contribution in [2.45, 2.75) is 39.8 Å². The lowest BCUT2D eigenvalue weighted by Crippen LogP contribution is -2.15. The molecule has 16 heavy (non-hydrogen) atoms. The van der Waals surface area contributed by atoms with Gasteiger partial charge in [0.15, 0.2) is 0 Å². The third-order valence-corrected chi connectivity index (χ3v) is 2.68. The summed E-state index contributed by atoms with van der Waals surface area (Å²) < 4.78 is 5.64. The van der Waals surface area contributed by atoms with E-state index in [2.05, 4.69) is 17.2 Å². The zero-order valence-electron chi connectivity index (χ0n) is 10.1. The second kappa shape index (κ2) is 6.71. The standard InChI is InChI=1S/C12H19ClN2O/c1-4-9(3)16-12-7-6-10(13)11(15-12)8-14-5-2/h6-7,9,14H,4-5,8H2,1-3H3. The summed E-state index contributed by atoms with van der Waals surface area (Å²) in [6, 6.07) is 3.64. The number of rotatable bonds is 6. The molecule has 0 aliphatic rings. The number of pyridine rings is 1. The third kappa shape index (κ3) is 3.99. The minimum atomic E-state index is 0.181. The van der Waals surface area contributed by atoms with Crippen LogP contribution in [0.1, 0.15) is 32.9 Å². The van der Waals surface area contributed by atoms with Crippen LogP contribution in [0.4, 0.5) is 0 Å². The number of nitrogens with zero attached hydrogens (tertiary/aromatic N) is 1. The SMILES string of the molecule is CCNCc1nc(OC(C)CC)ccc1Cl. The van der Waals surface area contributed by atoms with Gasteiger partial charge in [-0.3, -0.25) is 0 Å². The highest BCUT2D eigenvalue weighted by Crippen LogP contribution is 2.19. The molecule has 0 amide bonds. The summed E-state index contributed by atoms with van der Waals surface area (Å²) >= 11 is 6.04. The summed E-state index contributed by atoms with van der Waals surface area (Å²) in [7, 11) is 0. The average Bonchev–Trinajstić information content (AvgIpc) is 2.29. The predicted molar refractivity (Wildman–Crippen MR) is 67.0 cm³/mol. The quantitative estimate of drug-likeness (QED) is 0.833. The molecule has 3 nitrogen and oxygen atoms in total. The van der Waals surface area contributed by atoms with E-state index in [9.17, 15) is 0 Å². The van der Waals surface area contributed by atoms with Crippen LogP contribution in [-0.2, 0) is 6.54 Å². The largest absolute Gasteiger partial charge is 0.475 e. The minimum Gasteiger partial charge on any atom is -0.475 e. The van der Waals surface area contributed by atoms with Gasteiger partial charge >= 0.3 is 0 Å². The Morgan fingerprint density at radius 3 is 2.81 bits per heavy atom. The zero-order chi connectivity index (χ0) is 12.0. The van der Waals surface area contributed by atoms with Gasteiger partial charge in [-0.2, -0.15) is 0 Å². The first-order valence-corrected chi connectivity index (χ1v) is 6.08. The van der Waals surface area contributed by atoms with Crippen molar-refractivity contribution in [3.63, 3.8) is 0 Å². The van der Waals surface area contributed by atoms with Crippen LogP contribution in [0.15, 0.2) is 12.1 Å². The average molecular weight is 243 g/mol. The van der Waals surface area contributed by atoms with Crippen molar-refractivity contribution < 1.29 is 4.74 Å². The van der Waals surface area contributed by atoms with Crippen LogP contribution >= 0.6 is 11.6 Å². The molecule has 0 fully saturated rings. The molecular formula is C12H19ClN2O. The van der Waals surface area contributed by atoms with E-state index in [0.717, 1.165) is 18.7 Å². The molecule has 1 heterocycles. The molecule has 90 valence electrons. The lowest BCUT2D eigenvalue weighted by Gasteiger charge is -2.13. The van der Waals surface area contributed by atoms with Gasteiger partial charge in [-0.25, -0.2) is 4.98 Å². The van der Waals surface area contributed by atoms with Crippen molar-refractivity contribution in [2.75, 3.05) is 6.54 Å². The van der Waals surface area contributed by atoms with Crippen LogP contribution in [0, 0.1) is 0 Å². The van der Waals surface area contributed by atoms with Gasteiger partial charge < -0.3 is 10.1 Å². The fourth-order valence-electron chi connectivity index (χ4n) is 1.19. The van der Waals surface area contributed by atoms with Gasteiger partial charge in [-0.15, -0.1) is 0 Å². The van der Waals surface area contributed by atoms with Gasteiger partial charge in [0.2, 0.25) is 5.88 Å². The summed E-state index contributed by atoms with van der Waals surface area (Å²) in [6.45, 7) is 7.73. The fraction of sp³-hybridized carbons (Fsp3) is 0.583. The van der Waals surface area contributed by atoms with Crippen molar-refractivity contribution in [3.8, 4) is 5.88 Å². The van der Waals surface area contributed by atoms with Crippen molar-refractivity contribution in [2.24, 2.45) is 0 Å². The molecule has 0 aliphatic carbocycles. The third-order valence-electron chi connectivity index (χ3n) is 2.33. The van der Waals surface area contributed by atoms with Crippen molar-refractivity contribution in [3.05, 3.63) is 22.8 Å². The number of hydrogen-bond acceptors (Lipinski definition) is 3. The maximum Gasteiger partial charge on any atom is 0.213 e. The highest BCUT2D eigenvalue weighted by Gasteiger charge is 2.06. The molecule has 0 aromatic carbocycles. The molecule has 0 saturated carbocycles. The van der Waals surface area contributed by atoms with E-state index < -0.39 is 0 Å². The van der Waals surface area contributed by atoms with E-state index in [1.54, 1.807) is 0 Å². The van der Waals surface area contributed by atoms with Crippen molar-refractivity contribution in [1.82, 2.24) is 10.3 Å². The summed E-state index contributed by atoms with van der Waals surface area (Å²) in [5, 5.41) is 3.88. The van der Waals surface area contributed by atoms with Crippen LogP contribution < -0.4 is 10.1 Å². The van der Waals surface area contributed by atoms with E-state index in [1.165, 1.54) is 0 Å². The van der Waals surface area contributed by atoms with Crippen LogP contribution in [0.5, 0.6) is 5.88 Å². The van der Waals surface area contributed by atoms with E-state index >= 15 is 0 Å². The van der Waals surface area contributed by atoms with Gasteiger partial charge in [0.1, 0.15) is 0 Å². The number of ether oxygens (including phenoxy) is 1. The molecule has 0 saturated heterocycles. The van der Waals surface area contributed by atoms with Gasteiger partial charge in [-0.05, 0) is 26.0 Å². The molecular weight excluding hydrogens is 224 g/mol. The maximum atomic E-state index is 6.04. The number of halogens is 1. The second-order valence-corrected chi connectivity index (χ2v) is 4.10. The molecule has 1 unspecified atom stereocenters. The summed E-state index contributed by atoms with van der Waals surface area (Å²) in [5.74, 6) is 0.645. The first-order valence-electron chi connectivity index (χ1n) is 5.70. The molecule has 1 rings (SSSR count). The van der Waals surface area contributed by atoms with Gasteiger partial charge in [0, 0.05) is 12.6 Å². The Balaban J connectivity index is 2.72. The number of hydrogen-bond donors (Lipinski definition) is 1. The predicted octanol–water partition coefficient (Wildman–Crippen LogP) is 3.02. The Kier molecular flexibility index (Phi) is 5.56. The Bertz CT molecular complexity index is 331. The molecule has 0 radical (unpaired) electrons. The Hall–Kier alpha value is -0.800. The lowest BCUT2D eigenvalue weighted by molar-refractivity contribution is 0.208. The normalized spacial score (nSPS) is 12.5. The molecule has 0 bridgehead atoms. The molecule has 0 aliphatic heterocycles. The van der Waals surface area contributed by atoms with E-state index in [4.69, 9.17) is 16.3 Å². The minimum absolute atomic E-state index is 0.181.